The number of hydrogen-bond donors (Lipinski definition) is 6. The molecule has 0 aliphatic heterocycles. The van der Waals surface area contributed by atoms with Gasteiger partial charge in [0.05, 0.1) is 0 Å². The summed E-state index contributed by atoms with van der Waals surface area (Å²) in [6.07, 6.45) is 23.4. The Morgan fingerprint density at radius 1 is 0.526 bits per heavy atom. The SMILES string of the molecule is NCCCCCCNC(CCCCCN)Cc1ccc(CC(CCCCCN)NCCCCCCN)nc1. The molecule has 10 N–H and O–H groups in total. The Morgan fingerprint density at radius 2 is 0.974 bits per heavy atom. The second kappa shape index (κ2) is 26.1. The average molecular weight is 534 g/mol. The Morgan fingerprint density at radius 3 is 1.42 bits per heavy atom. The third kappa shape index (κ3) is 19.9. The summed E-state index contributed by atoms with van der Waals surface area (Å²) in [5.41, 5.74) is 25.2. The normalized spacial score (nSPS) is 13.2. The van der Waals surface area contributed by atoms with Crippen LogP contribution in [-0.2, 0) is 12.8 Å². The van der Waals surface area contributed by atoms with E-state index in [4.69, 9.17) is 27.9 Å². The minimum Gasteiger partial charge on any atom is -0.330 e. The van der Waals surface area contributed by atoms with E-state index in [1.165, 1.54) is 88.3 Å². The molecular weight excluding hydrogens is 470 g/mol. The number of rotatable bonds is 28. The molecule has 0 fully saturated rings. The molecule has 0 amide bonds. The molecule has 7 nitrogen and oxygen atoms in total. The van der Waals surface area contributed by atoms with Gasteiger partial charge in [0.15, 0.2) is 0 Å². The number of nitrogens with two attached hydrogens (primary N) is 4. The molecule has 1 aromatic heterocycles. The fourth-order valence-electron chi connectivity index (χ4n) is 5.07. The van der Waals surface area contributed by atoms with Crippen molar-refractivity contribution >= 4 is 0 Å². The molecular formula is C31H63N7. The minimum atomic E-state index is 0.483. The highest BCUT2D eigenvalue weighted by Gasteiger charge is 2.12. The number of nitrogens with one attached hydrogen (secondary N) is 2. The van der Waals surface area contributed by atoms with Gasteiger partial charge in [0.1, 0.15) is 0 Å². The second-order valence-corrected chi connectivity index (χ2v) is 11.0. The minimum absolute atomic E-state index is 0.483. The molecule has 0 aromatic carbocycles. The Bertz CT molecular complexity index is 558. The zero-order valence-corrected chi connectivity index (χ0v) is 24.6. The van der Waals surface area contributed by atoms with Crippen molar-refractivity contribution in [3.05, 3.63) is 29.6 Å². The predicted octanol–water partition coefficient (Wildman–Crippen LogP) is 4.16. The van der Waals surface area contributed by atoms with Crippen molar-refractivity contribution in [3.8, 4) is 0 Å². The second-order valence-electron chi connectivity index (χ2n) is 11.0. The van der Waals surface area contributed by atoms with Crippen LogP contribution in [0.4, 0.5) is 0 Å². The first kappa shape index (κ1) is 34.9. The smallest absolute Gasteiger partial charge is 0.0419 e. The van der Waals surface area contributed by atoms with Crippen LogP contribution in [0.25, 0.3) is 0 Å². The molecule has 0 aliphatic rings. The van der Waals surface area contributed by atoms with E-state index in [2.05, 4.69) is 29.0 Å². The van der Waals surface area contributed by atoms with Crippen LogP contribution >= 0.6 is 0 Å². The standard InChI is InChI=1S/C31H63N7/c32-19-9-1-3-13-23-36-29(15-7-5-11-21-34)25-28-17-18-31(38-27-28)26-30(16-8-6-12-22-35)37-24-14-4-2-10-20-33/h17-18,27,29-30,36-37H,1-16,19-26,32-35H2. The lowest BCUT2D eigenvalue weighted by Gasteiger charge is -2.20. The summed E-state index contributed by atoms with van der Waals surface area (Å²) in [6.45, 7) is 5.36. The summed E-state index contributed by atoms with van der Waals surface area (Å²) in [6, 6.07) is 5.54. The van der Waals surface area contributed by atoms with Gasteiger partial charge in [-0.3, -0.25) is 4.98 Å². The molecule has 0 bridgehead atoms. The van der Waals surface area contributed by atoms with Crippen molar-refractivity contribution in [3.63, 3.8) is 0 Å². The number of aromatic nitrogens is 1. The molecule has 0 radical (unpaired) electrons. The molecule has 0 saturated carbocycles. The van der Waals surface area contributed by atoms with Crippen molar-refractivity contribution in [2.24, 2.45) is 22.9 Å². The summed E-state index contributed by atoms with van der Waals surface area (Å²) < 4.78 is 0. The number of unbranched alkanes of at least 4 members (excludes halogenated alkanes) is 10. The first-order chi connectivity index (χ1) is 18.7. The molecule has 1 aromatic rings. The molecule has 0 spiro atoms. The molecule has 0 aliphatic carbocycles. The van der Waals surface area contributed by atoms with Crippen molar-refractivity contribution in [1.29, 1.82) is 0 Å². The summed E-state index contributed by atoms with van der Waals surface area (Å²) in [5.74, 6) is 0. The van der Waals surface area contributed by atoms with Crippen molar-refractivity contribution < 1.29 is 0 Å². The van der Waals surface area contributed by atoms with E-state index in [0.29, 0.717) is 12.1 Å². The zero-order valence-electron chi connectivity index (χ0n) is 24.6. The first-order valence-corrected chi connectivity index (χ1v) is 15.9. The van der Waals surface area contributed by atoms with Crippen LogP contribution in [0.2, 0.25) is 0 Å². The van der Waals surface area contributed by atoms with Gasteiger partial charge < -0.3 is 33.6 Å². The van der Waals surface area contributed by atoms with Gasteiger partial charge in [-0.05, 0) is 109 Å². The maximum atomic E-state index is 5.70. The Labute approximate surface area is 235 Å². The number of nitrogens with zero attached hydrogens (tertiary/aromatic N) is 1. The lowest BCUT2D eigenvalue weighted by Crippen LogP contribution is -2.33. The molecule has 1 rings (SSSR count). The highest BCUT2D eigenvalue weighted by Crippen LogP contribution is 2.13. The topological polar surface area (TPSA) is 141 Å². The van der Waals surface area contributed by atoms with E-state index < -0.39 is 0 Å². The van der Waals surface area contributed by atoms with Crippen molar-refractivity contribution in [1.82, 2.24) is 15.6 Å². The highest BCUT2D eigenvalue weighted by molar-refractivity contribution is 5.16. The van der Waals surface area contributed by atoms with E-state index in [0.717, 1.165) is 77.8 Å². The third-order valence-electron chi connectivity index (χ3n) is 7.46. The van der Waals surface area contributed by atoms with Crippen LogP contribution in [0, 0.1) is 0 Å². The van der Waals surface area contributed by atoms with Gasteiger partial charge in [-0.25, -0.2) is 0 Å². The molecule has 2 unspecified atom stereocenters. The number of hydrogen-bond acceptors (Lipinski definition) is 7. The van der Waals surface area contributed by atoms with E-state index in [-0.39, 0.29) is 0 Å². The number of pyridine rings is 1. The van der Waals surface area contributed by atoms with Gasteiger partial charge in [-0.2, -0.15) is 0 Å². The van der Waals surface area contributed by atoms with Gasteiger partial charge in [0, 0.05) is 30.4 Å². The molecule has 38 heavy (non-hydrogen) atoms. The first-order valence-electron chi connectivity index (χ1n) is 15.9. The lowest BCUT2D eigenvalue weighted by atomic mass is 9.99. The van der Waals surface area contributed by atoms with Gasteiger partial charge in [-0.15, -0.1) is 0 Å². The van der Waals surface area contributed by atoms with E-state index in [1.807, 2.05) is 0 Å². The molecule has 1 heterocycles. The van der Waals surface area contributed by atoms with Crippen molar-refractivity contribution in [2.45, 2.75) is 128 Å². The molecule has 0 saturated heterocycles. The molecule has 222 valence electrons. The van der Waals surface area contributed by atoms with Gasteiger partial charge >= 0.3 is 0 Å². The van der Waals surface area contributed by atoms with Crippen LogP contribution in [0.5, 0.6) is 0 Å². The Kier molecular flexibility index (Phi) is 24.0. The Balaban J connectivity index is 2.57. The molecule has 7 heteroatoms. The quantitative estimate of drug-likeness (QED) is 0.0888. The summed E-state index contributed by atoms with van der Waals surface area (Å²) in [5, 5.41) is 7.64. The maximum absolute atomic E-state index is 5.70. The van der Waals surface area contributed by atoms with Gasteiger partial charge in [0.25, 0.3) is 0 Å². The summed E-state index contributed by atoms with van der Waals surface area (Å²) >= 11 is 0. The van der Waals surface area contributed by atoms with Crippen LogP contribution in [-0.4, -0.2) is 56.3 Å². The summed E-state index contributed by atoms with van der Waals surface area (Å²) in [4.78, 5) is 4.89. The van der Waals surface area contributed by atoms with Gasteiger partial charge in [-0.1, -0.05) is 57.4 Å². The third-order valence-corrected chi connectivity index (χ3v) is 7.46. The average Bonchev–Trinajstić information content (AvgIpc) is 2.93. The monoisotopic (exact) mass is 534 g/mol. The maximum Gasteiger partial charge on any atom is 0.0419 e. The molecule has 2 atom stereocenters. The van der Waals surface area contributed by atoms with Gasteiger partial charge in [0.2, 0.25) is 0 Å². The zero-order chi connectivity index (χ0) is 27.5. The fourth-order valence-corrected chi connectivity index (χ4v) is 5.07. The van der Waals surface area contributed by atoms with E-state index in [1.54, 1.807) is 0 Å². The van der Waals surface area contributed by atoms with E-state index >= 15 is 0 Å². The lowest BCUT2D eigenvalue weighted by molar-refractivity contribution is 0.440. The summed E-state index contributed by atoms with van der Waals surface area (Å²) in [7, 11) is 0. The van der Waals surface area contributed by atoms with Crippen LogP contribution < -0.4 is 33.6 Å². The van der Waals surface area contributed by atoms with Crippen LogP contribution in [0.15, 0.2) is 18.3 Å². The van der Waals surface area contributed by atoms with Crippen molar-refractivity contribution in [2.75, 3.05) is 39.3 Å². The Hall–Kier alpha value is -1.09. The van der Waals surface area contributed by atoms with Crippen LogP contribution in [0.1, 0.15) is 114 Å². The van der Waals surface area contributed by atoms with Crippen LogP contribution in [0.3, 0.4) is 0 Å². The predicted molar refractivity (Wildman–Crippen MR) is 165 cm³/mol. The fraction of sp³-hybridized carbons (Fsp3) is 0.839. The highest BCUT2D eigenvalue weighted by atomic mass is 14.9. The van der Waals surface area contributed by atoms with E-state index in [9.17, 15) is 0 Å². The largest absolute Gasteiger partial charge is 0.330 e.